The Balaban J connectivity index is 1.53. The van der Waals surface area contributed by atoms with Gasteiger partial charge in [-0.05, 0) is 60.2 Å². The predicted molar refractivity (Wildman–Crippen MR) is 194 cm³/mol. The highest BCUT2D eigenvalue weighted by atomic mass is 35.5. The van der Waals surface area contributed by atoms with E-state index >= 15 is 0 Å². The van der Waals surface area contributed by atoms with E-state index in [0.717, 1.165) is 10.3 Å². The molecule has 2 amide bonds. The molecule has 4 aromatic heterocycles. The smallest absolute Gasteiger partial charge is 0.290 e. The number of pyridine rings is 3. The Bertz CT molecular complexity index is 2550. The van der Waals surface area contributed by atoms with E-state index in [9.17, 15) is 26.4 Å². The molecule has 1 N–H and O–H groups in total. The summed E-state index contributed by atoms with van der Waals surface area (Å²) in [5, 5.41) is 6.86. The van der Waals surface area contributed by atoms with E-state index in [1.807, 2.05) is 0 Å². The first-order valence-corrected chi connectivity index (χ1v) is 19.4. The summed E-state index contributed by atoms with van der Waals surface area (Å²) in [6.07, 6.45) is 3.41. The zero-order valence-electron chi connectivity index (χ0n) is 26.2. The Morgan fingerprint density at radius 2 is 1.45 bits per heavy atom. The van der Waals surface area contributed by atoms with Crippen LogP contribution < -0.4 is 9.62 Å². The summed E-state index contributed by atoms with van der Waals surface area (Å²) in [6, 6.07) is 21.1. The zero-order chi connectivity index (χ0) is 36.5. The molecule has 6 aromatic rings. The number of fused-ring (bicyclic) bond motifs is 1. The van der Waals surface area contributed by atoms with E-state index in [1.165, 1.54) is 60.9 Å². The Labute approximate surface area is 306 Å². The molecule has 0 fully saturated rings. The minimum Gasteiger partial charge on any atom is -0.320 e. The van der Waals surface area contributed by atoms with E-state index in [2.05, 4.69) is 25.4 Å². The van der Waals surface area contributed by atoms with E-state index in [0.29, 0.717) is 15.7 Å². The summed E-state index contributed by atoms with van der Waals surface area (Å²) >= 11 is 18.2. The van der Waals surface area contributed by atoms with Crippen LogP contribution in [0, 0.1) is 0 Å². The van der Waals surface area contributed by atoms with Crippen LogP contribution in [0.4, 0.5) is 11.4 Å². The molecular weight excluding hydrogens is 761 g/mol. The second-order valence-electron chi connectivity index (χ2n) is 10.9. The molecule has 0 unspecified atom stereocenters. The molecule has 0 saturated carbocycles. The first kappa shape index (κ1) is 35.9. The second-order valence-corrected chi connectivity index (χ2v) is 15.4. The molecule has 51 heavy (non-hydrogen) atoms. The average Bonchev–Trinajstić information content (AvgIpc) is 3.58. The number of benzene rings is 2. The molecule has 0 aliphatic rings. The molecule has 0 radical (unpaired) electrons. The molecule has 0 atom stereocenters. The quantitative estimate of drug-likeness (QED) is 0.126. The van der Waals surface area contributed by atoms with Gasteiger partial charge in [0.15, 0.2) is 5.15 Å². The van der Waals surface area contributed by atoms with Crippen LogP contribution in [0.2, 0.25) is 5.15 Å². The van der Waals surface area contributed by atoms with Gasteiger partial charge in [0.1, 0.15) is 11.4 Å². The lowest BCUT2D eigenvalue weighted by atomic mass is 10.0. The fraction of sp³-hybridized carbons (Fsp3) is 0.0909. The Hall–Kier alpha value is -4.93. The first-order valence-electron chi connectivity index (χ1n) is 14.7. The highest BCUT2D eigenvalue weighted by Gasteiger charge is 2.31. The van der Waals surface area contributed by atoms with Crippen LogP contribution in [0.25, 0.3) is 22.0 Å². The van der Waals surface area contributed by atoms with Gasteiger partial charge in [-0.15, -0.1) is 23.2 Å². The van der Waals surface area contributed by atoms with Crippen molar-refractivity contribution >= 4 is 88.9 Å². The normalized spacial score (nSPS) is 11.8. The van der Waals surface area contributed by atoms with Gasteiger partial charge in [-0.25, -0.2) is 23.4 Å². The second kappa shape index (κ2) is 14.4. The topological polar surface area (TPSA) is 174 Å². The maximum absolute atomic E-state index is 13.8. The van der Waals surface area contributed by atoms with Crippen LogP contribution in [0.15, 0.2) is 102 Å². The van der Waals surface area contributed by atoms with Gasteiger partial charge in [0, 0.05) is 17.1 Å². The number of rotatable bonds is 10. The summed E-state index contributed by atoms with van der Waals surface area (Å²) in [5.74, 6) is -1.61. The standard InChI is InChI=1S/C33H24Cl3N7O6S2/c1-50(46,47)42(33(45)27-12-6-8-23(17-35)40-27)30-15-21(18-37-31(30)36)20-13-28(41-32(44)26-11-5-7-22(16-34)39-26)25-19-38-43(29(25)14-20)51(48,49)24-9-3-2-4-10-24/h2-15,18-19H,16-17H2,1H3,(H,41,44). The third-order valence-corrected chi connectivity index (χ3v) is 10.9. The summed E-state index contributed by atoms with van der Waals surface area (Å²) in [7, 11) is -8.57. The van der Waals surface area contributed by atoms with Crippen molar-refractivity contribution in [3.8, 4) is 11.1 Å². The number of carbonyl (C=O) groups excluding carboxylic acids is 2. The van der Waals surface area contributed by atoms with Crippen LogP contribution in [0.5, 0.6) is 0 Å². The van der Waals surface area contributed by atoms with Gasteiger partial charge in [-0.1, -0.05) is 41.9 Å². The number of aromatic nitrogens is 5. The number of nitrogens with zero attached hydrogens (tertiary/aromatic N) is 6. The lowest BCUT2D eigenvalue weighted by Crippen LogP contribution is -2.37. The first-order chi connectivity index (χ1) is 24.3. The number of sulfonamides is 1. The number of anilines is 2. The third kappa shape index (κ3) is 7.29. The Morgan fingerprint density at radius 1 is 0.804 bits per heavy atom. The minimum atomic E-state index is -4.33. The van der Waals surface area contributed by atoms with Gasteiger partial charge < -0.3 is 5.32 Å². The number of hydrogen-bond acceptors (Lipinski definition) is 10. The van der Waals surface area contributed by atoms with Gasteiger partial charge >= 0.3 is 0 Å². The van der Waals surface area contributed by atoms with E-state index < -0.39 is 31.9 Å². The van der Waals surface area contributed by atoms with Crippen LogP contribution in [-0.4, -0.2) is 59.0 Å². The lowest BCUT2D eigenvalue weighted by Gasteiger charge is -2.21. The monoisotopic (exact) mass is 783 g/mol. The maximum atomic E-state index is 13.8. The van der Waals surface area contributed by atoms with Crippen LogP contribution in [0.3, 0.4) is 0 Å². The molecule has 260 valence electrons. The van der Waals surface area contributed by atoms with E-state index in [1.54, 1.807) is 36.4 Å². The molecule has 0 spiro atoms. The number of nitrogens with one attached hydrogen (secondary N) is 1. The molecule has 0 aliphatic carbocycles. The van der Waals surface area contributed by atoms with Crippen molar-refractivity contribution < 1.29 is 26.4 Å². The summed E-state index contributed by atoms with van der Waals surface area (Å²) < 4.78 is 55.0. The van der Waals surface area contributed by atoms with Gasteiger partial charge in [-0.3, -0.25) is 9.59 Å². The minimum absolute atomic E-state index is 0.0239. The van der Waals surface area contributed by atoms with Crippen LogP contribution in [0.1, 0.15) is 32.4 Å². The number of alkyl halides is 2. The van der Waals surface area contributed by atoms with E-state index in [-0.39, 0.29) is 66.6 Å². The van der Waals surface area contributed by atoms with Gasteiger partial charge in [0.05, 0.1) is 57.4 Å². The van der Waals surface area contributed by atoms with Crippen molar-refractivity contribution in [1.29, 1.82) is 0 Å². The summed E-state index contributed by atoms with van der Waals surface area (Å²) in [4.78, 5) is 39.6. The fourth-order valence-corrected chi connectivity index (χ4v) is 7.79. The number of amides is 2. The van der Waals surface area contributed by atoms with Crippen molar-refractivity contribution in [2.75, 3.05) is 15.9 Å². The molecule has 13 nitrogen and oxygen atoms in total. The Morgan fingerprint density at radius 3 is 2.10 bits per heavy atom. The van der Waals surface area contributed by atoms with E-state index in [4.69, 9.17) is 34.8 Å². The number of halogens is 3. The zero-order valence-corrected chi connectivity index (χ0v) is 30.1. The molecule has 0 bridgehead atoms. The van der Waals surface area contributed by atoms with Crippen molar-refractivity contribution in [2.24, 2.45) is 0 Å². The largest absolute Gasteiger partial charge is 0.320 e. The molecule has 4 heterocycles. The van der Waals surface area contributed by atoms with Gasteiger partial charge in [0.25, 0.3) is 21.8 Å². The highest BCUT2D eigenvalue weighted by Crippen LogP contribution is 2.36. The maximum Gasteiger partial charge on any atom is 0.290 e. The third-order valence-electron chi connectivity index (χ3n) is 7.40. The van der Waals surface area contributed by atoms with Crippen molar-refractivity contribution in [3.05, 3.63) is 125 Å². The van der Waals surface area contributed by atoms with Crippen LogP contribution in [-0.2, 0) is 31.8 Å². The van der Waals surface area contributed by atoms with Crippen LogP contribution >= 0.6 is 34.8 Å². The van der Waals surface area contributed by atoms with Gasteiger partial charge in [0.2, 0.25) is 10.0 Å². The molecule has 0 saturated heterocycles. The molecule has 18 heteroatoms. The number of carbonyl (C=O) groups is 2. The molecule has 0 aliphatic heterocycles. The SMILES string of the molecule is CS(=O)(=O)N(C(=O)c1cccc(CCl)n1)c1cc(-c2cc(NC(=O)c3cccc(CCl)n3)c3cnn(S(=O)(=O)c4ccccc4)c3c2)cnc1Cl. The highest BCUT2D eigenvalue weighted by molar-refractivity contribution is 7.92. The number of hydrogen-bond donors (Lipinski definition) is 1. The average molecular weight is 785 g/mol. The molecule has 2 aromatic carbocycles. The predicted octanol–water partition coefficient (Wildman–Crippen LogP) is 6.12. The molecular formula is C33H24Cl3N7O6S2. The summed E-state index contributed by atoms with van der Waals surface area (Å²) in [5.41, 5.74) is 0.954. The molecule has 6 rings (SSSR count). The van der Waals surface area contributed by atoms with Crippen molar-refractivity contribution in [1.82, 2.24) is 24.1 Å². The fourth-order valence-electron chi connectivity index (χ4n) is 5.08. The Kier molecular flexibility index (Phi) is 10.1. The van der Waals surface area contributed by atoms with Crippen molar-refractivity contribution in [2.45, 2.75) is 16.7 Å². The van der Waals surface area contributed by atoms with Crippen molar-refractivity contribution in [3.63, 3.8) is 0 Å². The van der Waals surface area contributed by atoms with Gasteiger partial charge in [-0.2, -0.15) is 21.9 Å². The summed E-state index contributed by atoms with van der Waals surface area (Å²) in [6.45, 7) is 0. The lowest BCUT2D eigenvalue weighted by molar-refractivity contribution is 0.0997.